The summed E-state index contributed by atoms with van der Waals surface area (Å²) in [6, 6.07) is 0. The normalized spacial score (nSPS) is 11.6. The van der Waals surface area contributed by atoms with Gasteiger partial charge in [0.1, 0.15) is 5.01 Å². The summed E-state index contributed by atoms with van der Waals surface area (Å²) in [7, 11) is 2.12. The van der Waals surface area contributed by atoms with Crippen molar-refractivity contribution < 1.29 is 0 Å². The maximum Gasteiger partial charge on any atom is 0.107 e. The standard InChI is InChI=1S/C11H21N3S.ClH/c1-9-6-15-10(13-9)5-14(4)8-11(2,3)7-12;/h6H,5,7-8,12H2,1-4H3;1H. The van der Waals surface area contributed by atoms with Crippen LogP contribution in [0.3, 0.4) is 0 Å². The summed E-state index contributed by atoms with van der Waals surface area (Å²) >= 11 is 1.73. The molecule has 0 fully saturated rings. The summed E-state index contributed by atoms with van der Waals surface area (Å²) in [5.74, 6) is 0. The zero-order valence-electron chi connectivity index (χ0n) is 10.5. The van der Waals surface area contributed by atoms with Crippen molar-refractivity contribution in [2.24, 2.45) is 11.1 Å². The Labute approximate surface area is 108 Å². The molecule has 5 heteroatoms. The fourth-order valence-corrected chi connectivity index (χ4v) is 2.41. The largest absolute Gasteiger partial charge is 0.330 e. The van der Waals surface area contributed by atoms with Gasteiger partial charge in [0.05, 0.1) is 6.54 Å². The molecule has 0 bridgehead atoms. The Balaban J connectivity index is 0.00000225. The lowest BCUT2D eigenvalue weighted by atomic mass is 9.93. The average molecular weight is 264 g/mol. The van der Waals surface area contributed by atoms with Crippen molar-refractivity contribution in [2.45, 2.75) is 27.3 Å². The van der Waals surface area contributed by atoms with Crippen molar-refractivity contribution in [3.05, 3.63) is 16.1 Å². The molecule has 1 aromatic heterocycles. The first-order valence-electron chi connectivity index (χ1n) is 5.22. The first-order valence-corrected chi connectivity index (χ1v) is 6.10. The molecule has 94 valence electrons. The number of nitrogens with zero attached hydrogens (tertiary/aromatic N) is 2. The van der Waals surface area contributed by atoms with Crippen LogP contribution in [0.5, 0.6) is 0 Å². The van der Waals surface area contributed by atoms with Gasteiger partial charge in [0.15, 0.2) is 0 Å². The number of nitrogens with two attached hydrogens (primary N) is 1. The van der Waals surface area contributed by atoms with Crippen LogP contribution in [0, 0.1) is 12.3 Å². The first kappa shape index (κ1) is 15.8. The number of hydrogen-bond donors (Lipinski definition) is 1. The molecule has 1 heterocycles. The van der Waals surface area contributed by atoms with Crippen molar-refractivity contribution in [1.29, 1.82) is 0 Å². The molecule has 3 nitrogen and oxygen atoms in total. The third-order valence-electron chi connectivity index (χ3n) is 2.32. The summed E-state index contributed by atoms with van der Waals surface area (Å²) in [5, 5.41) is 3.28. The zero-order chi connectivity index (χ0) is 11.5. The van der Waals surface area contributed by atoms with Crippen molar-refractivity contribution >= 4 is 23.7 Å². The van der Waals surface area contributed by atoms with Crippen LogP contribution in [-0.2, 0) is 6.54 Å². The Morgan fingerprint density at radius 1 is 1.50 bits per heavy atom. The van der Waals surface area contributed by atoms with Crippen molar-refractivity contribution in [3.63, 3.8) is 0 Å². The van der Waals surface area contributed by atoms with E-state index < -0.39 is 0 Å². The maximum absolute atomic E-state index is 5.71. The van der Waals surface area contributed by atoms with E-state index in [0.717, 1.165) is 18.8 Å². The van der Waals surface area contributed by atoms with Crippen molar-refractivity contribution in [2.75, 3.05) is 20.1 Å². The van der Waals surface area contributed by atoms with E-state index in [0.29, 0.717) is 6.54 Å². The minimum atomic E-state index is 0. The molecule has 0 aliphatic heterocycles. The Morgan fingerprint density at radius 3 is 2.56 bits per heavy atom. The van der Waals surface area contributed by atoms with Crippen LogP contribution in [0.15, 0.2) is 5.38 Å². The van der Waals surface area contributed by atoms with E-state index in [1.165, 1.54) is 5.01 Å². The Bertz CT molecular complexity index is 312. The zero-order valence-corrected chi connectivity index (χ0v) is 12.1. The second-order valence-corrected chi connectivity index (χ2v) is 5.87. The predicted octanol–water partition coefficient (Wildman–Crippen LogP) is 2.29. The molecule has 0 aliphatic rings. The fourth-order valence-electron chi connectivity index (χ4n) is 1.56. The molecule has 2 N–H and O–H groups in total. The Hall–Kier alpha value is -0.160. The van der Waals surface area contributed by atoms with Gasteiger partial charge in [-0.15, -0.1) is 23.7 Å². The molecular weight excluding hydrogens is 242 g/mol. The van der Waals surface area contributed by atoms with Gasteiger partial charge < -0.3 is 5.73 Å². The summed E-state index contributed by atoms with van der Waals surface area (Å²) in [6.45, 7) is 9.05. The quantitative estimate of drug-likeness (QED) is 0.886. The topological polar surface area (TPSA) is 42.1 Å². The number of halogens is 1. The van der Waals surface area contributed by atoms with Gasteiger partial charge in [0, 0.05) is 17.6 Å². The average Bonchev–Trinajstić information content (AvgIpc) is 2.50. The van der Waals surface area contributed by atoms with E-state index >= 15 is 0 Å². The minimum absolute atomic E-state index is 0. The molecule has 16 heavy (non-hydrogen) atoms. The van der Waals surface area contributed by atoms with Crippen LogP contribution in [0.25, 0.3) is 0 Å². The maximum atomic E-state index is 5.71. The van der Waals surface area contributed by atoms with Gasteiger partial charge in [-0.05, 0) is 25.9 Å². The minimum Gasteiger partial charge on any atom is -0.330 e. The Kier molecular flexibility index (Phi) is 6.48. The van der Waals surface area contributed by atoms with Gasteiger partial charge in [0.25, 0.3) is 0 Å². The molecule has 0 aromatic carbocycles. The van der Waals surface area contributed by atoms with E-state index in [1.54, 1.807) is 11.3 Å². The highest BCUT2D eigenvalue weighted by Gasteiger charge is 2.18. The van der Waals surface area contributed by atoms with Crippen LogP contribution >= 0.6 is 23.7 Å². The molecule has 0 atom stereocenters. The number of hydrogen-bond acceptors (Lipinski definition) is 4. The molecule has 0 saturated heterocycles. The van der Waals surface area contributed by atoms with E-state index in [9.17, 15) is 0 Å². The summed E-state index contributed by atoms with van der Waals surface area (Å²) in [5.41, 5.74) is 7.01. The summed E-state index contributed by atoms with van der Waals surface area (Å²) in [6.07, 6.45) is 0. The fraction of sp³-hybridized carbons (Fsp3) is 0.727. The molecular formula is C11H22ClN3S. The van der Waals surface area contributed by atoms with Crippen molar-refractivity contribution in [1.82, 2.24) is 9.88 Å². The third-order valence-corrected chi connectivity index (χ3v) is 3.27. The van der Waals surface area contributed by atoms with Crippen LogP contribution in [0.4, 0.5) is 0 Å². The lowest BCUT2D eigenvalue weighted by Gasteiger charge is -2.28. The monoisotopic (exact) mass is 263 g/mol. The van der Waals surface area contributed by atoms with Gasteiger partial charge in [-0.1, -0.05) is 13.8 Å². The van der Waals surface area contributed by atoms with Gasteiger partial charge >= 0.3 is 0 Å². The van der Waals surface area contributed by atoms with Crippen LogP contribution in [0.1, 0.15) is 24.5 Å². The summed E-state index contributed by atoms with van der Waals surface area (Å²) < 4.78 is 0. The first-order chi connectivity index (χ1) is 6.93. The highest BCUT2D eigenvalue weighted by Crippen LogP contribution is 2.17. The number of aromatic nitrogens is 1. The molecule has 0 radical (unpaired) electrons. The van der Waals surface area contributed by atoms with Gasteiger partial charge in [-0.25, -0.2) is 4.98 Å². The molecule has 0 amide bonds. The molecule has 0 aliphatic carbocycles. The van der Waals surface area contributed by atoms with Gasteiger partial charge in [-0.2, -0.15) is 0 Å². The molecule has 0 unspecified atom stereocenters. The third kappa shape index (κ3) is 5.25. The lowest BCUT2D eigenvalue weighted by molar-refractivity contribution is 0.209. The molecule has 0 saturated carbocycles. The van der Waals surface area contributed by atoms with Crippen LogP contribution in [0.2, 0.25) is 0 Å². The van der Waals surface area contributed by atoms with E-state index in [1.807, 2.05) is 6.92 Å². The van der Waals surface area contributed by atoms with Crippen LogP contribution in [-0.4, -0.2) is 30.0 Å². The number of thiazole rings is 1. The predicted molar refractivity (Wildman–Crippen MR) is 73.3 cm³/mol. The Morgan fingerprint density at radius 2 is 2.12 bits per heavy atom. The van der Waals surface area contributed by atoms with E-state index in [4.69, 9.17) is 5.73 Å². The highest BCUT2D eigenvalue weighted by molar-refractivity contribution is 7.09. The molecule has 1 rings (SSSR count). The lowest BCUT2D eigenvalue weighted by Crippen LogP contribution is -2.36. The smallest absolute Gasteiger partial charge is 0.107 e. The highest BCUT2D eigenvalue weighted by atomic mass is 35.5. The van der Waals surface area contributed by atoms with Gasteiger partial charge in [-0.3, -0.25) is 4.90 Å². The van der Waals surface area contributed by atoms with Gasteiger partial charge in [0.2, 0.25) is 0 Å². The second kappa shape index (κ2) is 6.55. The molecule has 1 aromatic rings. The number of rotatable bonds is 5. The van der Waals surface area contributed by atoms with Crippen LogP contribution < -0.4 is 5.73 Å². The molecule has 0 spiro atoms. The second-order valence-electron chi connectivity index (χ2n) is 4.92. The SMILES string of the molecule is Cc1csc(CN(C)CC(C)(C)CN)n1.Cl. The van der Waals surface area contributed by atoms with E-state index in [-0.39, 0.29) is 17.8 Å². The van der Waals surface area contributed by atoms with E-state index in [2.05, 4.69) is 36.2 Å². The summed E-state index contributed by atoms with van der Waals surface area (Å²) in [4.78, 5) is 6.73. The number of aryl methyl sites for hydroxylation is 1. The van der Waals surface area contributed by atoms with Crippen molar-refractivity contribution in [3.8, 4) is 0 Å².